The quantitative estimate of drug-likeness (QED) is 0.156. The number of fused-ring (bicyclic) bond motifs is 6. The number of para-hydroxylation sites is 2. The van der Waals surface area contributed by atoms with Gasteiger partial charge in [-0.25, -0.2) is 0 Å². The number of carbonyl (C=O) groups excluding carboxylic acids is 6. The Morgan fingerprint density at radius 2 is 0.828 bits per heavy atom. The molecule has 14 heteroatoms. The van der Waals surface area contributed by atoms with Gasteiger partial charge in [-0.1, -0.05) is 60.7 Å². The minimum absolute atomic E-state index is 0.0573. The van der Waals surface area contributed by atoms with Crippen LogP contribution in [0.1, 0.15) is 91.1 Å². The van der Waals surface area contributed by atoms with E-state index in [1.807, 2.05) is 34.1 Å². The van der Waals surface area contributed by atoms with Crippen molar-refractivity contribution in [2.24, 2.45) is 0 Å². The Hall–Kier alpha value is -6.12. The summed E-state index contributed by atoms with van der Waals surface area (Å²) in [4.78, 5) is 98.4. The third-order valence-corrected chi connectivity index (χ3v) is 17.2. The van der Waals surface area contributed by atoms with Crippen LogP contribution in [0, 0.1) is 0 Å². The third-order valence-electron chi connectivity index (χ3n) is 14.3. The van der Waals surface area contributed by atoms with Crippen LogP contribution in [0.4, 0.5) is 0 Å². The van der Waals surface area contributed by atoms with Crippen molar-refractivity contribution in [3.8, 4) is 11.4 Å². The smallest absolute Gasteiger partial charge is 0.262 e. The van der Waals surface area contributed by atoms with Gasteiger partial charge in [0.05, 0.1) is 44.4 Å². The Bertz CT molecular complexity index is 2730. The zero-order chi connectivity index (χ0) is 43.4. The van der Waals surface area contributed by atoms with Gasteiger partial charge >= 0.3 is 0 Å². The number of hydrogen-bond acceptors (Lipinski definition) is 8. The number of carbonyl (C=O) groups is 6. The van der Waals surface area contributed by atoms with E-state index in [1.54, 1.807) is 72.1 Å². The van der Waals surface area contributed by atoms with Crippen molar-refractivity contribution in [1.29, 1.82) is 0 Å². The summed E-state index contributed by atoms with van der Waals surface area (Å²) in [6.07, 6.45) is 4.96. The molecular weight excluding hydrogens is 845 g/mol. The summed E-state index contributed by atoms with van der Waals surface area (Å²) in [5, 5.41) is 1.99. The zero-order valence-electron chi connectivity index (χ0n) is 34.8. The van der Waals surface area contributed by atoms with Crippen molar-refractivity contribution < 1.29 is 28.8 Å². The number of aromatic nitrogens is 2. The molecule has 4 fully saturated rings. The first-order valence-corrected chi connectivity index (χ1v) is 24.4. The minimum Gasteiger partial charge on any atom is -0.353 e. The molecule has 4 saturated heterocycles. The van der Waals surface area contributed by atoms with E-state index in [9.17, 15) is 28.8 Å². The van der Waals surface area contributed by atoms with Crippen molar-refractivity contribution >= 4 is 80.8 Å². The number of benzene rings is 4. The topological polar surface area (TPSA) is 147 Å². The number of imide groups is 2. The molecule has 0 spiro atoms. The lowest BCUT2D eigenvalue weighted by Gasteiger charge is -2.33. The molecule has 6 aromatic rings. The molecule has 322 valence electrons. The van der Waals surface area contributed by atoms with Gasteiger partial charge in [-0.15, -0.1) is 23.5 Å². The highest BCUT2D eigenvalue weighted by molar-refractivity contribution is 8.00. The molecule has 0 bridgehead atoms. The van der Waals surface area contributed by atoms with Crippen LogP contribution >= 0.6 is 23.5 Å². The van der Waals surface area contributed by atoms with E-state index in [0.29, 0.717) is 47.9 Å². The largest absolute Gasteiger partial charge is 0.353 e. The molecule has 6 atom stereocenters. The summed E-state index contributed by atoms with van der Waals surface area (Å²) in [5.74, 6) is -0.522. The minimum atomic E-state index is -0.868. The molecule has 64 heavy (non-hydrogen) atoms. The van der Waals surface area contributed by atoms with Gasteiger partial charge in [0.25, 0.3) is 23.6 Å². The Morgan fingerprint density at radius 3 is 1.22 bits per heavy atom. The molecular formula is C50H44N6O6S2. The van der Waals surface area contributed by atoms with E-state index in [-0.39, 0.29) is 34.6 Å². The fraction of sp³-hybridized carbons (Fsp3) is 0.320. The molecule has 12 nitrogen and oxygen atoms in total. The van der Waals surface area contributed by atoms with Crippen LogP contribution in [0.2, 0.25) is 0 Å². The Labute approximate surface area is 377 Å². The number of rotatable bonds is 7. The maximum absolute atomic E-state index is 14.8. The molecule has 12 rings (SSSR count). The molecule has 6 aliphatic rings. The number of nitrogens with zero attached hydrogens (tertiary/aromatic N) is 4. The maximum Gasteiger partial charge on any atom is 0.262 e. The van der Waals surface area contributed by atoms with Gasteiger partial charge in [-0.05, 0) is 98.9 Å². The van der Waals surface area contributed by atoms with Crippen LogP contribution in [0.25, 0.3) is 33.2 Å². The average Bonchev–Trinajstić information content (AvgIpc) is 4.14. The van der Waals surface area contributed by atoms with E-state index in [2.05, 4.69) is 34.2 Å². The van der Waals surface area contributed by atoms with E-state index >= 15 is 0 Å². The SMILES string of the molecule is O=C1c2ccccc2C(=O)N1[C@H]1CCC[C@H]2SCC(Cc3c(-c4[nH]c5ccccc5c4C[C@@H]4CS[C@@H]5CCC[C@H](N6C(=O)c7ccccc7C6=O)C(=O)N45)[nH]c4ccccc34)N2C1=O. The molecule has 2 N–H and O–H groups in total. The van der Waals surface area contributed by atoms with Crippen LogP contribution in [-0.2, 0) is 22.4 Å². The van der Waals surface area contributed by atoms with Gasteiger partial charge in [0.15, 0.2) is 0 Å². The standard InChI is InChI=1S/C50H44N6O6S2/c57-45-31-13-1-2-14-32(31)46(58)55(45)39-19-9-21-41-53(49(39)61)27(25-63-41)23-35-29-11-5-7-17-37(29)51-43(35)44-36(30-12-6-8-18-38(30)52-44)24-28-26-64-42-22-10-20-40(50(62)54(28)42)56-47(59)33-15-3-4-16-34(33)48(56)60/h1-8,11-18,27-28,39-42,51-52H,9-10,19-26H2/t27-,28?,39+,40+,41-,42-/m1/s1. The lowest BCUT2D eigenvalue weighted by molar-refractivity contribution is -0.137. The second kappa shape index (κ2) is 15.3. The first kappa shape index (κ1) is 39.5. The van der Waals surface area contributed by atoms with Crippen LogP contribution in [0.15, 0.2) is 97.1 Å². The summed E-state index contributed by atoms with van der Waals surface area (Å²) in [5.41, 5.74) is 7.31. The predicted molar refractivity (Wildman–Crippen MR) is 246 cm³/mol. The molecule has 0 radical (unpaired) electrons. The molecule has 6 amide bonds. The van der Waals surface area contributed by atoms with Gasteiger partial charge in [0.1, 0.15) is 12.1 Å². The van der Waals surface area contributed by atoms with E-state index in [0.717, 1.165) is 81.5 Å². The van der Waals surface area contributed by atoms with Crippen molar-refractivity contribution in [3.05, 3.63) is 130 Å². The van der Waals surface area contributed by atoms with Crippen LogP contribution in [0.5, 0.6) is 0 Å². The summed E-state index contributed by atoms with van der Waals surface area (Å²) in [7, 11) is 0. The van der Waals surface area contributed by atoms with E-state index < -0.39 is 35.7 Å². The van der Waals surface area contributed by atoms with Crippen molar-refractivity contribution in [3.63, 3.8) is 0 Å². The first-order valence-electron chi connectivity index (χ1n) is 22.3. The van der Waals surface area contributed by atoms with Gasteiger partial charge < -0.3 is 19.8 Å². The Morgan fingerprint density at radius 1 is 0.469 bits per heavy atom. The second-order valence-corrected chi connectivity index (χ2v) is 20.2. The first-order chi connectivity index (χ1) is 31.3. The molecule has 4 aromatic carbocycles. The number of hydrogen-bond donors (Lipinski definition) is 2. The van der Waals surface area contributed by atoms with Gasteiger partial charge in [-0.3, -0.25) is 38.6 Å². The number of aromatic amines is 2. The average molecular weight is 889 g/mol. The van der Waals surface area contributed by atoms with Crippen molar-refractivity contribution in [2.75, 3.05) is 11.5 Å². The fourth-order valence-electron chi connectivity index (χ4n) is 11.4. The number of nitrogens with one attached hydrogen (secondary N) is 2. The fourth-order valence-corrected chi connectivity index (χ4v) is 14.4. The number of H-pyrrole nitrogens is 2. The Kier molecular flexibility index (Phi) is 9.41. The second-order valence-electron chi connectivity index (χ2n) is 17.8. The summed E-state index contributed by atoms with van der Waals surface area (Å²) in [6, 6.07) is 28.0. The monoisotopic (exact) mass is 888 g/mol. The zero-order valence-corrected chi connectivity index (χ0v) is 36.5. The van der Waals surface area contributed by atoms with E-state index in [4.69, 9.17) is 0 Å². The molecule has 2 aromatic heterocycles. The van der Waals surface area contributed by atoms with Crippen molar-refractivity contribution in [2.45, 2.75) is 86.3 Å². The lowest BCUT2D eigenvalue weighted by Crippen LogP contribution is -2.53. The van der Waals surface area contributed by atoms with Crippen LogP contribution in [-0.4, -0.2) is 111 Å². The van der Waals surface area contributed by atoms with Gasteiger partial charge in [-0.2, -0.15) is 0 Å². The highest BCUT2D eigenvalue weighted by Gasteiger charge is 2.51. The summed E-state index contributed by atoms with van der Waals surface area (Å²) in [6.45, 7) is 0. The van der Waals surface area contributed by atoms with Gasteiger partial charge in [0.2, 0.25) is 11.8 Å². The summed E-state index contributed by atoms with van der Waals surface area (Å²) >= 11 is 3.55. The number of amides is 6. The highest BCUT2D eigenvalue weighted by Crippen LogP contribution is 2.45. The van der Waals surface area contributed by atoms with Crippen LogP contribution in [0.3, 0.4) is 0 Å². The molecule has 6 aliphatic heterocycles. The molecule has 0 saturated carbocycles. The molecule has 8 heterocycles. The predicted octanol–water partition coefficient (Wildman–Crippen LogP) is 7.64. The highest BCUT2D eigenvalue weighted by atomic mass is 32.2. The van der Waals surface area contributed by atoms with Gasteiger partial charge in [0, 0.05) is 45.4 Å². The van der Waals surface area contributed by atoms with E-state index in [1.165, 1.54) is 9.80 Å². The van der Waals surface area contributed by atoms with Crippen molar-refractivity contribution in [1.82, 2.24) is 29.6 Å². The maximum atomic E-state index is 14.8. The third kappa shape index (κ3) is 5.97. The Balaban J connectivity index is 0.888. The normalized spacial score (nSPS) is 25.7. The number of thioether (sulfide) groups is 2. The summed E-state index contributed by atoms with van der Waals surface area (Å²) < 4.78 is 0. The lowest BCUT2D eigenvalue weighted by atomic mass is 9.96. The van der Waals surface area contributed by atoms with Crippen LogP contribution < -0.4 is 0 Å². The molecule has 1 unspecified atom stereocenters. The molecule has 0 aliphatic carbocycles.